The smallest absolute Gasteiger partial charge is 0.184 e. The molecule has 7 heavy (non-hydrogen) atoms. The lowest BCUT2D eigenvalue weighted by molar-refractivity contribution is 0.548. The standard InChI is InChI=1S/C5H4O2/c6-5-1-3-7-4-2-5/h1-4H/i1D. The average molecular weight is 97.1 g/mol. The molecule has 1 aromatic rings. The van der Waals surface area contributed by atoms with Gasteiger partial charge in [0.1, 0.15) is 0 Å². The molecule has 0 aliphatic rings. The normalized spacial score (nSPS) is 10.6. The van der Waals surface area contributed by atoms with Gasteiger partial charge >= 0.3 is 0 Å². The highest BCUT2D eigenvalue weighted by atomic mass is 16.3. The zero-order chi connectivity index (χ0) is 5.98. The van der Waals surface area contributed by atoms with Gasteiger partial charge in [0, 0.05) is 12.1 Å². The zero-order valence-corrected chi connectivity index (χ0v) is 3.55. The van der Waals surface area contributed by atoms with Crippen molar-refractivity contribution in [2.45, 2.75) is 0 Å². The van der Waals surface area contributed by atoms with Crippen molar-refractivity contribution >= 4 is 0 Å². The van der Waals surface area contributed by atoms with Crippen LogP contribution in [0.3, 0.4) is 0 Å². The molecule has 0 saturated heterocycles. The minimum absolute atomic E-state index is 0.104. The molecule has 1 rings (SSSR count). The summed E-state index contributed by atoms with van der Waals surface area (Å²) in [7, 11) is 0. The van der Waals surface area contributed by atoms with Gasteiger partial charge in [-0.2, -0.15) is 0 Å². The first-order valence-corrected chi connectivity index (χ1v) is 1.84. The van der Waals surface area contributed by atoms with Crippen molar-refractivity contribution in [1.82, 2.24) is 0 Å². The summed E-state index contributed by atoms with van der Waals surface area (Å²) < 4.78 is 11.3. The Bertz CT molecular complexity index is 228. The van der Waals surface area contributed by atoms with Gasteiger partial charge in [-0.15, -0.1) is 0 Å². The van der Waals surface area contributed by atoms with Gasteiger partial charge < -0.3 is 4.42 Å². The second kappa shape index (κ2) is 1.60. The summed E-state index contributed by atoms with van der Waals surface area (Å²) in [6.07, 6.45) is 2.35. The summed E-state index contributed by atoms with van der Waals surface area (Å²) in [4.78, 5) is 10.4. The summed E-state index contributed by atoms with van der Waals surface area (Å²) >= 11 is 0. The highest BCUT2D eigenvalue weighted by Crippen LogP contribution is 1.72. The average Bonchev–Trinajstić information content (AvgIpc) is 1.77. The quantitative estimate of drug-likeness (QED) is 0.475. The molecule has 2 heteroatoms. The molecule has 0 atom stereocenters. The van der Waals surface area contributed by atoms with Crippen LogP contribution < -0.4 is 5.43 Å². The maximum absolute atomic E-state index is 10.4. The van der Waals surface area contributed by atoms with E-state index in [0.717, 1.165) is 6.26 Å². The minimum Gasteiger partial charge on any atom is -0.472 e. The monoisotopic (exact) mass is 97.0 g/mol. The lowest BCUT2D eigenvalue weighted by Gasteiger charge is -1.72. The Hall–Kier alpha value is -1.05. The van der Waals surface area contributed by atoms with Crippen LogP contribution in [0.15, 0.2) is 33.8 Å². The Morgan fingerprint density at radius 3 is 3.00 bits per heavy atom. The van der Waals surface area contributed by atoms with Crippen LogP contribution in [0.1, 0.15) is 1.37 Å². The van der Waals surface area contributed by atoms with E-state index in [0.29, 0.717) is 0 Å². The molecule has 1 heterocycles. The number of hydrogen-bond acceptors (Lipinski definition) is 2. The van der Waals surface area contributed by atoms with Crippen LogP contribution in [0.4, 0.5) is 0 Å². The largest absolute Gasteiger partial charge is 0.472 e. The molecular formula is C5H4O2. The molecular weight excluding hydrogens is 92.1 g/mol. The predicted molar refractivity (Wildman–Crippen MR) is 25.0 cm³/mol. The van der Waals surface area contributed by atoms with Crippen LogP contribution in [0.2, 0.25) is 0 Å². The third kappa shape index (κ3) is 0.892. The van der Waals surface area contributed by atoms with Crippen molar-refractivity contribution < 1.29 is 5.79 Å². The van der Waals surface area contributed by atoms with Gasteiger partial charge in [-0.3, -0.25) is 4.79 Å². The van der Waals surface area contributed by atoms with Crippen LogP contribution in [-0.2, 0) is 0 Å². The third-order valence-corrected chi connectivity index (χ3v) is 0.567. The van der Waals surface area contributed by atoms with Crippen molar-refractivity contribution in [2.24, 2.45) is 0 Å². The van der Waals surface area contributed by atoms with Gasteiger partial charge in [0.2, 0.25) is 0 Å². The summed E-state index contributed by atoms with van der Waals surface area (Å²) in [5.41, 5.74) is -0.309. The fourth-order valence-corrected chi connectivity index (χ4v) is 0.281. The van der Waals surface area contributed by atoms with E-state index in [-0.39, 0.29) is 11.5 Å². The zero-order valence-electron chi connectivity index (χ0n) is 4.55. The molecule has 2 nitrogen and oxygen atoms in total. The molecule has 0 radical (unpaired) electrons. The van der Waals surface area contributed by atoms with E-state index in [1.54, 1.807) is 0 Å². The van der Waals surface area contributed by atoms with Gasteiger partial charge in [0.05, 0.1) is 13.9 Å². The molecule has 0 aliphatic carbocycles. The third-order valence-electron chi connectivity index (χ3n) is 0.567. The molecule has 0 aliphatic heterocycles. The molecule has 0 aromatic carbocycles. The summed E-state index contributed by atoms with van der Waals surface area (Å²) in [5.74, 6) is 0. The topological polar surface area (TPSA) is 30.2 Å². The molecule has 0 fully saturated rings. The van der Waals surface area contributed by atoms with E-state index >= 15 is 0 Å². The fraction of sp³-hybridized carbons (Fsp3) is 0. The Kier molecular flexibility index (Phi) is 0.689. The van der Waals surface area contributed by atoms with Crippen molar-refractivity contribution in [3.63, 3.8) is 0 Å². The predicted octanol–water partition coefficient (Wildman–Crippen LogP) is 0.640. The highest BCUT2D eigenvalue weighted by molar-refractivity contribution is 4.86. The Labute approximate surface area is 41.8 Å². The SMILES string of the molecule is [2H]c1coccc1=O. The van der Waals surface area contributed by atoms with Crippen LogP contribution >= 0.6 is 0 Å². The fourth-order valence-electron chi connectivity index (χ4n) is 0.281. The Balaban J connectivity index is 3.35. The molecule has 0 spiro atoms. The van der Waals surface area contributed by atoms with E-state index in [2.05, 4.69) is 4.42 Å². The lowest BCUT2D eigenvalue weighted by Crippen LogP contribution is -1.90. The minimum atomic E-state index is -0.309. The van der Waals surface area contributed by atoms with Gasteiger partial charge in [-0.1, -0.05) is 0 Å². The van der Waals surface area contributed by atoms with Gasteiger partial charge in [0.15, 0.2) is 5.43 Å². The van der Waals surface area contributed by atoms with Crippen molar-refractivity contribution in [1.29, 1.82) is 0 Å². The number of hydrogen-bond donors (Lipinski definition) is 0. The summed E-state index contributed by atoms with van der Waals surface area (Å²) in [6, 6.07) is 1.11. The van der Waals surface area contributed by atoms with E-state index in [1.165, 1.54) is 12.3 Å². The first-order chi connectivity index (χ1) is 3.80. The maximum Gasteiger partial charge on any atom is 0.184 e. The van der Waals surface area contributed by atoms with Crippen LogP contribution in [0.5, 0.6) is 0 Å². The van der Waals surface area contributed by atoms with E-state index in [9.17, 15) is 4.79 Å². The van der Waals surface area contributed by atoms with Crippen LogP contribution in [0.25, 0.3) is 0 Å². The Morgan fingerprint density at radius 2 is 2.57 bits per heavy atom. The van der Waals surface area contributed by atoms with Crippen molar-refractivity contribution in [3.05, 3.63) is 34.9 Å². The van der Waals surface area contributed by atoms with Crippen LogP contribution in [0, 0.1) is 0 Å². The molecule has 0 N–H and O–H groups in total. The second-order valence-corrected chi connectivity index (χ2v) is 1.07. The van der Waals surface area contributed by atoms with E-state index in [4.69, 9.17) is 1.37 Å². The van der Waals surface area contributed by atoms with E-state index < -0.39 is 0 Å². The second-order valence-electron chi connectivity index (χ2n) is 1.07. The molecule has 0 bridgehead atoms. The van der Waals surface area contributed by atoms with Crippen molar-refractivity contribution in [2.75, 3.05) is 0 Å². The maximum atomic E-state index is 10.4. The molecule has 0 saturated carbocycles. The molecule has 36 valence electrons. The summed E-state index contributed by atoms with van der Waals surface area (Å²) in [6.45, 7) is 0. The molecule has 0 unspecified atom stereocenters. The van der Waals surface area contributed by atoms with Gasteiger partial charge in [-0.05, 0) is 0 Å². The van der Waals surface area contributed by atoms with E-state index in [1.807, 2.05) is 0 Å². The first-order valence-electron chi connectivity index (χ1n) is 2.34. The van der Waals surface area contributed by atoms with Gasteiger partial charge in [0.25, 0.3) is 0 Å². The molecule has 0 amide bonds. The van der Waals surface area contributed by atoms with Crippen LogP contribution in [-0.4, -0.2) is 0 Å². The first kappa shape index (κ1) is 3.02. The molecule has 1 aromatic heterocycles. The lowest BCUT2D eigenvalue weighted by atomic mass is 10.5. The highest BCUT2D eigenvalue weighted by Gasteiger charge is 1.72. The number of rotatable bonds is 0. The summed E-state index contributed by atoms with van der Waals surface area (Å²) in [5, 5.41) is 0. The van der Waals surface area contributed by atoms with Crippen molar-refractivity contribution in [3.8, 4) is 0 Å². The Morgan fingerprint density at radius 1 is 1.71 bits per heavy atom. The van der Waals surface area contributed by atoms with Gasteiger partial charge in [-0.25, -0.2) is 0 Å².